The molecule has 1 aliphatic heterocycles. The first-order chi connectivity index (χ1) is 9.65. The molecule has 0 N–H and O–H groups in total. The predicted molar refractivity (Wildman–Crippen MR) is 82.0 cm³/mol. The highest BCUT2D eigenvalue weighted by Crippen LogP contribution is 2.22. The van der Waals surface area contributed by atoms with Gasteiger partial charge in [-0.1, -0.05) is 20.3 Å². The van der Waals surface area contributed by atoms with Crippen LogP contribution in [0.15, 0.2) is 12.0 Å². The van der Waals surface area contributed by atoms with Crippen molar-refractivity contribution in [3.05, 3.63) is 12.0 Å². The summed E-state index contributed by atoms with van der Waals surface area (Å²) in [5, 5.41) is 0. The van der Waals surface area contributed by atoms with Crippen LogP contribution in [0.5, 0.6) is 0 Å². The molecule has 1 amide bonds. The third kappa shape index (κ3) is 4.73. The maximum absolute atomic E-state index is 12.0. The quantitative estimate of drug-likeness (QED) is 0.609. The summed E-state index contributed by atoms with van der Waals surface area (Å²) in [6, 6.07) is 0. The summed E-state index contributed by atoms with van der Waals surface area (Å²) in [6.45, 7) is 11.6. The first kappa shape index (κ1) is 16.9. The lowest BCUT2D eigenvalue weighted by atomic mass is 10.0. The number of amides is 1. The average Bonchev–Trinajstić information content (AvgIpc) is 2.78. The van der Waals surface area contributed by atoms with Gasteiger partial charge in [0.05, 0.1) is 0 Å². The van der Waals surface area contributed by atoms with Crippen molar-refractivity contribution < 1.29 is 9.53 Å². The third-order valence-corrected chi connectivity index (χ3v) is 3.81. The van der Waals surface area contributed by atoms with Crippen molar-refractivity contribution in [2.45, 2.75) is 53.4 Å². The average molecular weight is 282 g/mol. The van der Waals surface area contributed by atoms with Crippen molar-refractivity contribution in [2.75, 3.05) is 26.4 Å². The van der Waals surface area contributed by atoms with E-state index in [0.29, 0.717) is 19.1 Å². The molecule has 0 aromatic heterocycles. The number of likely N-dealkylation sites (tertiary alicyclic amines) is 1. The highest BCUT2D eigenvalue weighted by atomic mass is 16.5. The Morgan fingerprint density at radius 2 is 2.05 bits per heavy atom. The number of carbonyl (C=O) groups is 1. The van der Waals surface area contributed by atoms with Gasteiger partial charge in [-0.15, -0.1) is 0 Å². The van der Waals surface area contributed by atoms with E-state index >= 15 is 0 Å². The van der Waals surface area contributed by atoms with Crippen LogP contribution in [-0.4, -0.2) is 42.1 Å². The molecule has 1 rings (SSSR count). The Morgan fingerprint density at radius 1 is 1.35 bits per heavy atom. The fraction of sp³-hybridized carbons (Fsp3) is 0.812. The lowest BCUT2D eigenvalue weighted by Crippen LogP contribution is -2.31. The molecule has 0 saturated carbocycles. The van der Waals surface area contributed by atoms with Crippen molar-refractivity contribution in [3.8, 4) is 0 Å². The summed E-state index contributed by atoms with van der Waals surface area (Å²) >= 11 is 0. The number of nitrogens with zero attached hydrogens (tertiary/aromatic N) is 2. The van der Waals surface area contributed by atoms with Crippen LogP contribution in [0, 0.1) is 5.92 Å². The van der Waals surface area contributed by atoms with Gasteiger partial charge in [0.15, 0.2) is 12.6 Å². The van der Waals surface area contributed by atoms with Gasteiger partial charge in [0.2, 0.25) is 5.91 Å². The van der Waals surface area contributed by atoms with Crippen LogP contribution >= 0.6 is 0 Å². The standard InChI is InChI=1S/C16H30N2O2/c1-5-9-14-11-15(19)18(12-14)13-20-16(10-6-2)17(7-3)8-4/h10,14H,5-9,11-13H2,1-4H3. The predicted octanol–water partition coefficient (Wildman–Crippen LogP) is 3.20. The van der Waals surface area contributed by atoms with Gasteiger partial charge >= 0.3 is 0 Å². The number of ether oxygens (including phenoxy) is 1. The van der Waals surface area contributed by atoms with Crippen LogP contribution in [0.1, 0.15) is 53.4 Å². The first-order valence-corrected chi connectivity index (χ1v) is 8.01. The van der Waals surface area contributed by atoms with Gasteiger partial charge in [-0.2, -0.15) is 0 Å². The fourth-order valence-electron chi connectivity index (χ4n) is 2.71. The molecule has 0 aromatic rings. The minimum Gasteiger partial charge on any atom is -0.458 e. The van der Waals surface area contributed by atoms with Crippen LogP contribution < -0.4 is 0 Å². The van der Waals surface area contributed by atoms with E-state index in [2.05, 4.69) is 38.7 Å². The SMILES string of the molecule is CCC=C(OCN1CC(CCC)CC1=O)N(CC)CC. The van der Waals surface area contributed by atoms with E-state index in [1.54, 1.807) is 0 Å². The molecule has 1 saturated heterocycles. The Kier molecular flexibility index (Phi) is 7.48. The number of carbonyl (C=O) groups excluding carboxylic acids is 1. The third-order valence-electron chi connectivity index (χ3n) is 3.81. The molecule has 0 aromatic carbocycles. The normalized spacial score (nSPS) is 19.6. The summed E-state index contributed by atoms with van der Waals surface area (Å²) in [5.74, 6) is 1.66. The Labute approximate surface area is 123 Å². The summed E-state index contributed by atoms with van der Waals surface area (Å²) < 4.78 is 5.90. The maximum atomic E-state index is 12.0. The molecule has 4 heteroatoms. The van der Waals surface area contributed by atoms with Gasteiger partial charge in [0, 0.05) is 26.1 Å². The van der Waals surface area contributed by atoms with E-state index in [0.717, 1.165) is 44.8 Å². The number of hydrogen-bond acceptors (Lipinski definition) is 3. The zero-order chi connectivity index (χ0) is 15.0. The second kappa shape index (κ2) is 8.88. The highest BCUT2D eigenvalue weighted by molar-refractivity contribution is 5.78. The van der Waals surface area contributed by atoms with Crippen LogP contribution in [0.3, 0.4) is 0 Å². The van der Waals surface area contributed by atoms with Crippen LogP contribution in [0.25, 0.3) is 0 Å². The van der Waals surface area contributed by atoms with E-state index in [1.807, 2.05) is 4.90 Å². The molecule has 1 fully saturated rings. The Morgan fingerprint density at radius 3 is 2.60 bits per heavy atom. The summed E-state index contributed by atoms with van der Waals surface area (Å²) in [7, 11) is 0. The maximum Gasteiger partial charge on any atom is 0.225 e. The zero-order valence-corrected chi connectivity index (χ0v) is 13.5. The molecule has 20 heavy (non-hydrogen) atoms. The van der Waals surface area contributed by atoms with Gasteiger partial charge in [0.1, 0.15) is 0 Å². The molecule has 1 aliphatic rings. The summed E-state index contributed by atoms with van der Waals surface area (Å²) in [5.41, 5.74) is 0. The lowest BCUT2D eigenvalue weighted by molar-refractivity contribution is -0.132. The molecule has 1 unspecified atom stereocenters. The van der Waals surface area contributed by atoms with Gasteiger partial charge in [0.25, 0.3) is 0 Å². The van der Waals surface area contributed by atoms with E-state index in [1.165, 1.54) is 0 Å². The van der Waals surface area contributed by atoms with Crippen molar-refractivity contribution in [2.24, 2.45) is 5.92 Å². The molecular formula is C16H30N2O2. The van der Waals surface area contributed by atoms with Gasteiger partial charge in [-0.3, -0.25) is 4.79 Å². The van der Waals surface area contributed by atoms with Crippen molar-refractivity contribution in [1.82, 2.24) is 9.80 Å². The van der Waals surface area contributed by atoms with Gasteiger partial charge in [-0.05, 0) is 38.7 Å². The molecular weight excluding hydrogens is 252 g/mol. The topological polar surface area (TPSA) is 32.8 Å². The molecule has 0 bridgehead atoms. The minimum absolute atomic E-state index is 0.235. The Balaban J connectivity index is 2.51. The molecule has 116 valence electrons. The Bertz CT molecular complexity index is 324. The number of rotatable bonds is 9. The number of allylic oxidation sites excluding steroid dienone is 1. The molecule has 4 nitrogen and oxygen atoms in total. The number of hydrogen-bond donors (Lipinski definition) is 0. The molecule has 1 atom stereocenters. The molecule has 1 heterocycles. The van der Waals surface area contributed by atoms with Crippen LogP contribution in [0.4, 0.5) is 0 Å². The van der Waals surface area contributed by atoms with Crippen molar-refractivity contribution in [1.29, 1.82) is 0 Å². The van der Waals surface area contributed by atoms with Gasteiger partial charge in [-0.25, -0.2) is 0 Å². The second-order valence-corrected chi connectivity index (χ2v) is 5.37. The zero-order valence-electron chi connectivity index (χ0n) is 13.5. The molecule has 0 aliphatic carbocycles. The second-order valence-electron chi connectivity index (χ2n) is 5.37. The van der Waals surface area contributed by atoms with Crippen molar-refractivity contribution in [3.63, 3.8) is 0 Å². The summed E-state index contributed by atoms with van der Waals surface area (Å²) in [4.78, 5) is 16.0. The van der Waals surface area contributed by atoms with Crippen LogP contribution in [0.2, 0.25) is 0 Å². The molecule has 0 radical (unpaired) electrons. The largest absolute Gasteiger partial charge is 0.458 e. The highest BCUT2D eigenvalue weighted by Gasteiger charge is 2.29. The molecule has 0 spiro atoms. The minimum atomic E-state index is 0.235. The fourth-order valence-corrected chi connectivity index (χ4v) is 2.71. The van der Waals surface area contributed by atoms with E-state index in [4.69, 9.17) is 4.74 Å². The smallest absolute Gasteiger partial charge is 0.225 e. The van der Waals surface area contributed by atoms with E-state index in [-0.39, 0.29) is 5.91 Å². The van der Waals surface area contributed by atoms with E-state index < -0.39 is 0 Å². The van der Waals surface area contributed by atoms with Crippen LogP contribution in [-0.2, 0) is 9.53 Å². The van der Waals surface area contributed by atoms with E-state index in [9.17, 15) is 4.79 Å². The van der Waals surface area contributed by atoms with Gasteiger partial charge < -0.3 is 14.5 Å². The monoisotopic (exact) mass is 282 g/mol. The lowest BCUT2D eigenvalue weighted by Gasteiger charge is -2.26. The van der Waals surface area contributed by atoms with Crippen molar-refractivity contribution >= 4 is 5.91 Å². The Hall–Kier alpha value is -1.19. The first-order valence-electron chi connectivity index (χ1n) is 8.01. The summed E-state index contributed by atoms with van der Waals surface area (Å²) in [6.07, 6.45) is 6.01.